The van der Waals surface area contributed by atoms with Crippen molar-refractivity contribution >= 4 is 33.9 Å². The number of nitrogens with one attached hydrogen (secondary N) is 1. The number of piperazine rings is 1. The molecule has 0 bridgehead atoms. The van der Waals surface area contributed by atoms with Gasteiger partial charge in [0.2, 0.25) is 0 Å². The molecule has 2 aromatic carbocycles. The van der Waals surface area contributed by atoms with Crippen molar-refractivity contribution in [2.45, 2.75) is 66.5 Å². The fourth-order valence-corrected chi connectivity index (χ4v) is 5.91. The summed E-state index contributed by atoms with van der Waals surface area (Å²) < 4.78 is 19.6. The first-order valence-corrected chi connectivity index (χ1v) is 15.8. The number of hydrogen-bond acceptors (Lipinski definition) is 8. The number of fused-ring (bicyclic) bond motifs is 2. The first kappa shape index (κ1) is 34.3. The van der Waals surface area contributed by atoms with Crippen molar-refractivity contribution < 1.29 is 9.13 Å². The summed E-state index contributed by atoms with van der Waals surface area (Å²) in [5.41, 5.74) is 3.04. The predicted molar refractivity (Wildman–Crippen MR) is 176 cm³/mol. The number of benzene rings is 2. The summed E-state index contributed by atoms with van der Waals surface area (Å²) in [5, 5.41) is 12.5. The van der Waals surface area contributed by atoms with Crippen LogP contribution in [-0.2, 0) is 13.0 Å². The molecule has 3 aliphatic rings. The SMILES string of the molecule is CC.CC#N.CC(C)N1CCCC1.COc1nc2c(c(N3CCNCC3)n1)CCN(c1cccc3ccc(F)c(Cl)c13)C2. The van der Waals surface area contributed by atoms with Crippen LogP contribution in [0.15, 0.2) is 30.3 Å². The van der Waals surface area contributed by atoms with Crippen LogP contribution in [0.3, 0.4) is 0 Å². The topological polar surface area (TPSA) is 80.5 Å². The van der Waals surface area contributed by atoms with Crippen molar-refractivity contribution in [1.82, 2.24) is 20.2 Å². The van der Waals surface area contributed by atoms with Crippen LogP contribution < -0.4 is 19.9 Å². The number of likely N-dealkylation sites (tertiary alicyclic amines) is 1. The molecule has 0 unspecified atom stereocenters. The molecule has 2 saturated heterocycles. The average molecular weight is 612 g/mol. The van der Waals surface area contributed by atoms with Gasteiger partial charge in [0.05, 0.1) is 30.4 Å². The van der Waals surface area contributed by atoms with Crippen molar-refractivity contribution in [1.29, 1.82) is 5.26 Å². The number of hydrogen-bond donors (Lipinski definition) is 1. The second kappa shape index (κ2) is 17.2. The third-order valence-electron chi connectivity index (χ3n) is 7.75. The molecule has 1 aromatic heterocycles. The molecule has 1 N–H and O–H groups in total. The standard InChI is InChI=1S/C22H23ClFN5O.C7H15N.C2H3N.C2H6/c1-30-22-26-17-13-29(10-7-15(17)21(27-22)28-11-8-25-9-12-28)18-4-2-3-14-5-6-16(24)20(23)19(14)18;1-7(2)8-5-3-4-6-8;1-2-3;1-2/h2-6,25H,7-13H2,1H3;7H,3-6H2,1-2H3;1H3;1-2H3. The van der Waals surface area contributed by atoms with E-state index in [0.29, 0.717) is 12.6 Å². The van der Waals surface area contributed by atoms with E-state index >= 15 is 0 Å². The van der Waals surface area contributed by atoms with Crippen LogP contribution in [0.25, 0.3) is 10.8 Å². The maximum atomic E-state index is 14.2. The largest absolute Gasteiger partial charge is 0.467 e. The number of nitriles is 1. The van der Waals surface area contributed by atoms with E-state index in [4.69, 9.17) is 21.6 Å². The second-order valence-corrected chi connectivity index (χ2v) is 11.0. The van der Waals surface area contributed by atoms with Gasteiger partial charge in [0.25, 0.3) is 0 Å². The smallest absolute Gasteiger partial charge is 0.318 e. The molecule has 0 spiro atoms. The van der Waals surface area contributed by atoms with Crippen LogP contribution in [0.4, 0.5) is 15.9 Å². The average Bonchev–Trinajstić information content (AvgIpc) is 3.60. The molecule has 6 rings (SSSR count). The summed E-state index contributed by atoms with van der Waals surface area (Å²) in [7, 11) is 1.59. The molecular formula is C33H47ClFN7O. The molecule has 0 saturated carbocycles. The molecule has 4 heterocycles. The summed E-state index contributed by atoms with van der Waals surface area (Å²) in [6.45, 7) is 17.7. The van der Waals surface area contributed by atoms with Crippen LogP contribution >= 0.6 is 11.6 Å². The molecule has 3 aromatic rings. The fraction of sp³-hybridized carbons (Fsp3) is 0.545. The Morgan fingerprint density at radius 2 is 1.67 bits per heavy atom. The number of methoxy groups -OCH3 is 1. The number of aromatic nitrogens is 2. The van der Waals surface area contributed by atoms with Gasteiger partial charge in [-0.1, -0.05) is 43.6 Å². The Labute approximate surface area is 261 Å². The highest BCUT2D eigenvalue weighted by Crippen LogP contribution is 2.37. The van der Waals surface area contributed by atoms with Gasteiger partial charge >= 0.3 is 6.01 Å². The van der Waals surface area contributed by atoms with E-state index < -0.39 is 5.82 Å². The minimum atomic E-state index is -0.404. The lowest BCUT2D eigenvalue weighted by atomic mass is 10.0. The van der Waals surface area contributed by atoms with Gasteiger partial charge in [-0.2, -0.15) is 15.2 Å². The molecule has 0 atom stereocenters. The summed E-state index contributed by atoms with van der Waals surface area (Å²) in [4.78, 5) is 16.4. The molecule has 10 heteroatoms. The van der Waals surface area contributed by atoms with E-state index in [0.717, 1.165) is 73.2 Å². The summed E-state index contributed by atoms with van der Waals surface area (Å²) >= 11 is 6.37. The quantitative estimate of drug-likeness (QED) is 0.361. The molecule has 43 heavy (non-hydrogen) atoms. The molecule has 0 aliphatic carbocycles. The number of rotatable bonds is 4. The zero-order valence-corrected chi connectivity index (χ0v) is 27.3. The van der Waals surface area contributed by atoms with Crippen molar-refractivity contribution in [3.8, 4) is 12.1 Å². The molecule has 0 amide bonds. The lowest BCUT2D eigenvalue weighted by molar-refractivity contribution is 0.276. The van der Waals surface area contributed by atoms with Gasteiger partial charge in [-0.15, -0.1) is 0 Å². The number of ether oxygens (including phenoxy) is 1. The van der Waals surface area contributed by atoms with Crippen LogP contribution in [0.5, 0.6) is 6.01 Å². The molecule has 3 aliphatic heterocycles. The normalized spacial score (nSPS) is 16.2. The van der Waals surface area contributed by atoms with Gasteiger partial charge in [-0.05, 0) is 63.7 Å². The molecular weight excluding hydrogens is 565 g/mol. The molecule has 2 fully saturated rings. The fourth-order valence-electron chi connectivity index (χ4n) is 5.64. The third kappa shape index (κ3) is 8.69. The molecule has 0 radical (unpaired) electrons. The minimum absolute atomic E-state index is 0.163. The van der Waals surface area contributed by atoms with Crippen LogP contribution in [0, 0.1) is 17.1 Å². The lowest BCUT2D eigenvalue weighted by Gasteiger charge is -2.35. The zero-order chi connectivity index (χ0) is 31.4. The van der Waals surface area contributed by atoms with E-state index in [1.165, 1.54) is 44.5 Å². The van der Waals surface area contributed by atoms with E-state index in [9.17, 15) is 4.39 Å². The van der Waals surface area contributed by atoms with Crippen molar-refractivity contribution in [3.63, 3.8) is 0 Å². The summed E-state index contributed by atoms with van der Waals surface area (Å²) in [5.74, 6) is 0.569. The van der Waals surface area contributed by atoms with Crippen molar-refractivity contribution in [3.05, 3.63) is 52.4 Å². The lowest BCUT2D eigenvalue weighted by Crippen LogP contribution is -2.45. The Morgan fingerprint density at radius 3 is 2.28 bits per heavy atom. The van der Waals surface area contributed by atoms with Gasteiger partial charge in [0.15, 0.2) is 0 Å². The van der Waals surface area contributed by atoms with Crippen LogP contribution in [-0.4, -0.2) is 73.8 Å². The van der Waals surface area contributed by atoms with Gasteiger partial charge in [0, 0.05) is 62.3 Å². The number of anilines is 2. The Kier molecular flexibility index (Phi) is 13.7. The zero-order valence-electron chi connectivity index (χ0n) is 26.6. The highest BCUT2D eigenvalue weighted by atomic mass is 35.5. The molecule has 8 nitrogen and oxygen atoms in total. The highest BCUT2D eigenvalue weighted by Gasteiger charge is 2.27. The number of halogens is 2. The second-order valence-electron chi connectivity index (χ2n) is 10.7. The highest BCUT2D eigenvalue weighted by molar-refractivity contribution is 6.36. The maximum absolute atomic E-state index is 14.2. The first-order chi connectivity index (χ1) is 20.9. The van der Waals surface area contributed by atoms with E-state index in [1.807, 2.05) is 32.0 Å². The predicted octanol–water partition coefficient (Wildman–Crippen LogP) is 6.45. The van der Waals surface area contributed by atoms with Gasteiger partial charge < -0.3 is 24.8 Å². The Hall–Kier alpha value is -3.19. The van der Waals surface area contributed by atoms with Crippen molar-refractivity contribution in [2.75, 3.05) is 62.7 Å². The van der Waals surface area contributed by atoms with E-state index in [1.54, 1.807) is 19.2 Å². The van der Waals surface area contributed by atoms with E-state index in [2.05, 4.69) is 43.8 Å². The van der Waals surface area contributed by atoms with Crippen molar-refractivity contribution in [2.24, 2.45) is 0 Å². The van der Waals surface area contributed by atoms with Gasteiger partial charge in [-0.3, -0.25) is 0 Å². The Bertz CT molecular complexity index is 1350. The van der Waals surface area contributed by atoms with Gasteiger partial charge in [-0.25, -0.2) is 4.39 Å². The van der Waals surface area contributed by atoms with Gasteiger partial charge in [0.1, 0.15) is 11.6 Å². The monoisotopic (exact) mass is 611 g/mol. The summed E-state index contributed by atoms with van der Waals surface area (Å²) in [6, 6.07) is 12.0. The minimum Gasteiger partial charge on any atom is -0.467 e. The first-order valence-electron chi connectivity index (χ1n) is 15.4. The Morgan fingerprint density at radius 1 is 1.00 bits per heavy atom. The van der Waals surface area contributed by atoms with Crippen LogP contribution in [0.2, 0.25) is 5.02 Å². The molecule has 234 valence electrons. The summed E-state index contributed by atoms with van der Waals surface area (Å²) in [6.07, 6.45) is 3.64. The third-order valence-corrected chi connectivity index (χ3v) is 8.12. The Balaban J connectivity index is 0.000000328. The van der Waals surface area contributed by atoms with Crippen LogP contribution in [0.1, 0.15) is 58.7 Å². The number of nitrogens with zero attached hydrogens (tertiary/aromatic N) is 6. The maximum Gasteiger partial charge on any atom is 0.318 e. The van der Waals surface area contributed by atoms with E-state index in [-0.39, 0.29) is 5.02 Å².